The fourth-order valence-electron chi connectivity index (χ4n) is 4.71. The molecule has 0 saturated heterocycles. The lowest BCUT2D eigenvalue weighted by atomic mass is 9.86. The highest BCUT2D eigenvalue weighted by Gasteiger charge is 2.23. The molecular weight excluding hydrogens is 324 g/mol. The average molecular weight is 365 g/mol. The maximum absolute atomic E-state index is 12.9. The molecule has 2 aliphatic carbocycles. The molecule has 0 radical (unpaired) electrons. The number of nitrogens with one attached hydrogen (secondary N) is 1. The van der Waals surface area contributed by atoms with Gasteiger partial charge in [-0.25, -0.2) is 0 Å². The maximum Gasteiger partial charge on any atom is 0.223 e. The Morgan fingerprint density at radius 2 is 1.15 bits per heavy atom. The second kappa shape index (κ2) is 12.3. The van der Waals surface area contributed by atoms with E-state index in [1.165, 1.54) is 51.4 Å². The number of carbonyl (C=O) groups excluding carboxylic acids is 1. The molecule has 0 unspecified atom stereocenters. The van der Waals surface area contributed by atoms with Gasteiger partial charge in [0.25, 0.3) is 0 Å². The molecule has 1 amide bonds. The summed E-state index contributed by atoms with van der Waals surface area (Å²) in [6, 6.07) is 0.406. The number of rotatable bonds is 3. The first-order valence-corrected chi connectivity index (χ1v) is 11.2. The molecule has 2 rings (SSSR count). The van der Waals surface area contributed by atoms with E-state index in [2.05, 4.69) is 10.5 Å². The van der Waals surface area contributed by atoms with Gasteiger partial charge >= 0.3 is 0 Å². The lowest BCUT2D eigenvalue weighted by molar-refractivity contribution is -0.126. The Hall–Kier alpha value is -1.06. The van der Waals surface area contributed by atoms with Crippen molar-refractivity contribution in [3.05, 3.63) is 0 Å². The van der Waals surface area contributed by atoms with Crippen LogP contribution in [0.2, 0.25) is 0 Å². The van der Waals surface area contributed by atoms with E-state index in [-0.39, 0.29) is 5.92 Å². The van der Waals surface area contributed by atoms with Gasteiger partial charge in [0.2, 0.25) is 5.91 Å². The highest BCUT2D eigenvalue weighted by atomic mass is 16.4. The normalized spacial score (nSPS) is 28.4. The van der Waals surface area contributed by atoms with Crippen LogP contribution in [-0.4, -0.2) is 22.9 Å². The van der Waals surface area contributed by atoms with Crippen LogP contribution in [0.15, 0.2) is 5.16 Å². The quantitative estimate of drug-likeness (QED) is 0.376. The molecule has 0 atom stereocenters. The number of hydrogen-bond acceptors (Lipinski definition) is 3. The molecule has 0 heterocycles. The highest BCUT2D eigenvalue weighted by Crippen LogP contribution is 2.26. The van der Waals surface area contributed by atoms with E-state index < -0.39 is 0 Å². The van der Waals surface area contributed by atoms with Crippen molar-refractivity contribution in [1.82, 2.24) is 5.32 Å². The minimum atomic E-state index is 0.201. The zero-order valence-corrected chi connectivity index (χ0v) is 16.8. The van der Waals surface area contributed by atoms with E-state index in [9.17, 15) is 4.79 Å². The molecule has 150 valence electrons. The number of oxime groups is 1. The van der Waals surface area contributed by atoms with Crippen molar-refractivity contribution in [1.29, 1.82) is 0 Å². The lowest BCUT2D eigenvalue weighted by Crippen LogP contribution is -2.39. The molecular formula is C22H40N2O2. The van der Waals surface area contributed by atoms with Gasteiger partial charge < -0.3 is 10.5 Å². The summed E-state index contributed by atoms with van der Waals surface area (Å²) < 4.78 is 0. The van der Waals surface area contributed by atoms with Crippen molar-refractivity contribution in [2.24, 2.45) is 17.0 Å². The van der Waals surface area contributed by atoms with Crippen LogP contribution in [0, 0.1) is 11.8 Å². The standard InChI is InChI=1S/C22H40N2O2/c1-18(24-26)19-12-8-10-14-20(15-11-9-13-19)22(25)23-21-16-6-4-2-3-5-7-17-21/h19-21,26H,2-17H2,1H3,(H,23,25)/b24-18+. The smallest absolute Gasteiger partial charge is 0.223 e. The summed E-state index contributed by atoms with van der Waals surface area (Å²) in [6.07, 6.45) is 18.9. The summed E-state index contributed by atoms with van der Waals surface area (Å²) in [7, 11) is 0. The van der Waals surface area contributed by atoms with Crippen LogP contribution in [0.25, 0.3) is 0 Å². The molecule has 0 aromatic heterocycles. The summed E-state index contributed by atoms with van der Waals surface area (Å²) in [6.45, 7) is 1.93. The first-order chi connectivity index (χ1) is 12.7. The van der Waals surface area contributed by atoms with Gasteiger partial charge in [0.1, 0.15) is 0 Å². The van der Waals surface area contributed by atoms with Crippen molar-refractivity contribution in [2.75, 3.05) is 0 Å². The molecule has 0 aromatic rings. The minimum Gasteiger partial charge on any atom is -0.411 e. The van der Waals surface area contributed by atoms with Crippen molar-refractivity contribution >= 4 is 11.6 Å². The van der Waals surface area contributed by atoms with Crippen LogP contribution in [-0.2, 0) is 4.79 Å². The van der Waals surface area contributed by atoms with E-state index in [1.54, 1.807) is 0 Å². The van der Waals surface area contributed by atoms with E-state index in [0.29, 0.717) is 17.9 Å². The second-order valence-corrected chi connectivity index (χ2v) is 8.61. The predicted molar refractivity (Wildman–Crippen MR) is 108 cm³/mol. The van der Waals surface area contributed by atoms with E-state index in [1.807, 2.05) is 6.92 Å². The predicted octanol–water partition coefficient (Wildman–Crippen LogP) is 5.82. The third kappa shape index (κ3) is 7.67. The van der Waals surface area contributed by atoms with Gasteiger partial charge in [-0.2, -0.15) is 0 Å². The van der Waals surface area contributed by atoms with Crippen LogP contribution in [0.1, 0.15) is 110 Å². The van der Waals surface area contributed by atoms with Gasteiger partial charge in [-0.05, 0) is 45.4 Å². The Morgan fingerprint density at radius 1 is 0.731 bits per heavy atom. The highest BCUT2D eigenvalue weighted by molar-refractivity contribution is 5.83. The van der Waals surface area contributed by atoms with Crippen molar-refractivity contribution in [3.63, 3.8) is 0 Å². The van der Waals surface area contributed by atoms with Crippen molar-refractivity contribution in [3.8, 4) is 0 Å². The number of amides is 1. The third-order valence-electron chi connectivity index (χ3n) is 6.53. The zero-order chi connectivity index (χ0) is 18.6. The molecule has 2 saturated carbocycles. The van der Waals surface area contributed by atoms with Crippen LogP contribution >= 0.6 is 0 Å². The molecule has 4 heteroatoms. The van der Waals surface area contributed by atoms with Gasteiger partial charge in [-0.1, -0.05) is 69.4 Å². The van der Waals surface area contributed by atoms with E-state index in [4.69, 9.17) is 5.21 Å². The summed E-state index contributed by atoms with van der Waals surface area (Å²) in [5, 5.41) is 15.9. The number of nitrogens with zero attached hydrogens (tertiary/aromatic N) is 1. The average Bonchev–Trinajstić information content (AvgIpc) is 2.79. The third-order valence-corrected chi connectivity index (χ3v) is 6.53. The fraction of sp³-hybridized carbons (Fsp3) is 0.909. The molecule has 2 aliphatic rings. The molecule has 4 nitrogen and oxygen atoms in total. The Kier molecular flexibility index (Phi) is 10.1. The molecule has 2 N–H and O–H groups in total. The number of hydrogen-bond donors (Lipinski definition) is 2. The van der Waals surface area contributed by atoms with Crippen LogP contribution in [0.5, 0.6) is 0 Å². The Morgan fingerprint density at radius 3 is 1.65 bits per heavy atom. The summed E-state index contributed by atoms with van der Waals surface area (Å²) in [5.41, 5.74) is 0.875. The van der Waals surface area contributed by atoms with E-state index in [0.717, 1.165) is 57.1 Å². The van der Waals surface area contributed by atoms with Gasteiger partial charge in [0.05, 0.1) is 5.71 Å². The van der Waals surface area contributed by atoms with Crippen LogP contribution < -0.4 is 5.32 Å². The lowest BCUT2D eigenvalue weighted by Gasteiger charge is -2.24. The first-order valence-electron chi connectivity index (χ1n) is 11.2. The number of carbonyl (C=O) groups is 1. The van der Waals surface area contributed by atoms with Crippen LogP contribution in [0.4, 0.5) is 0 Å². The van der Waals surface area contributed by atoms with Crippen LogP contribution in [0.3, 0.4) is 0 Å². The molecule has 0 spiro atoms. The van der Waals surface area contributed by atoms with E-state index >= 15 is 0 Å². The van der Waals surface area contributed by atoms with Gasteiger partial charge in [-0.15, -0.1) is 0 Å². The molecule has 0 aliphatic heterocycles. The molecule has 0 bridgehead atoms. The SMILES string of the molecule is C/C(=N\O)C1CCCCC(C(=O)NC2CCCCCCCC2)CCCC1. The maximum atomic E-state index is 12.9. The summed E-state index contributed by atoms with van der Waals surface area (Å²) in [4.78, 5) is 12.9. The Balaban J connectivity index is 1.80. The molecule has 2 fully saturated rings. The monoisotopic (exact) mass is 364 g/mol. The fourth-order valence-corrected chi connectivity index (χ4v) is 4.71. The Labute approximate surface area is 160 Å². The molecule has 0 aromatic carbocycles. The minimum absolute atomic E-state index is 0.201. The summed E-state index contributed by atoms with van der Waals surface area (Å²) >= 11 is 0. The van der Waals surface area contributed by atoms with Gasteiger partial charge in [-0.3, -0.25) is 4.79 Å². The topological polar surface area (TPSA) is 61.7 Å². The first kappa shape index (κ1) is 21.2. The van der Waals surface area contributed by atoms with Crippen molar-refractivity contribution < 1.29 is 10.0 Å². The van der Waals surface area contributed by atoms with Crippen molar-refractivity contribution in [2.45, 2.75) is 116 Å². The summed E-state index contributed by atoms with van der Waals surface area (Å²) in [5.74, 6) is 0.940. The zero-order valence-electron chi connectivity index (χ0n) is 16.8. The largest absolute Gasteiger partial charge is 0.411 e. The van der Waals surface area contributed by atoms with Gasteiger partial charge in [0.15, 0.2) is 0 Å². The van der Waals surface area contributed by atoms with Gasteiger partial charge in [0, 0.05) is 17.9 Å². The molecule has 26 heavy (non-hydrogen) atoms. The second-order valence-electron chi connectivity index (χ2n) is 8.61. The Bertz CT molecular complexity index is 414.